The third-order valence-corrected chi connectivity index (χ3v) is 4.26. The number of likely N-dealkylation sites (tertiary alicyclic amines) is 1. The number of benzene rings is 1. The van der Waals surface area contributed by atoms with Crippen LogP contribution in [0.1, 0.15) is 44.1 Å². The third-order valence-electron chi connectivity index (χ3n) is 4.26. The first-order valence-corrected chi connectivity index (χ1v) is 8.29. The summed E-state index contributed by atoms with van der Waals surface area (Å²) < 4.78 is 0. The number of hydrogen-bond donors (Lipinski definition) is 0. The van der Waals surface area contributed by atoms with E-state index in [4.69, 9.17) is 0 Å². The molecule has 0 spiro atoms. The summed E-state index contributed by atoms with van der Waals surface area (Å²) in [6, 6.07) is 10.8. The maximum atomic E-state index is 2.65. The fourth-order valence-electron chi connectivity index (χ4n) is 3.05. The predicted octanol–water partition coefficient (Wildman–Crippen LogP) is 3.77. The SMILES string of the molecule is CN(CCCCCN1CCCCC1)Cc1ccccc1. The van der Waals surface area contributed by atoms with Gasteiger partial charge >= 0.3 is 0 Å². The Labute approximate surface area is 124 Å². The molecular formula is C18H30N2. The summed E-state index contributed by atoms with van der Waals surface area (Å²) in [6.07, 6.45) is 8.35. The highest BCUT2D eigenvalue weighted by Gasteiger charge is 2.08. The molecule has 2 nitrogen and oxygen atoms in total. The largest absolute Gasteiger partial charge is 0.303 e. The van der Waals surface area contributed by atoms with Gasteiger partial charge in [-0.3, -0.25) is 0 Å². The fourth-order valence-corrected chi connectivity index (χ4v) is 3.05. The zero-order valence-electron chi connectivity index (χ0n) is 13.1. The van der Waals surface area contributed by atoms with Crippen molar-refractivity contribution in [3.63, 3.8) is 0 Å². The van der Waals surface area contributed by atoms with Crippen molar-refractivity contribution >= 4 is 0 Å². The standard InChI is InChI=1S/C18H30N2/c1-19(17-18-11-5-2-6-12-18)13-7-3-8-14-20-15-9-4-10-16-20/h2,5-6,11-12H,3-4,7-10,13-17H2,1H3. The molecule has 1 aromatic carbocycles. The lowest BCUT2D eigenvalue weighted by Crippen LogP contribution is -2.30. The second-order valence-electron chi connectivity index (χ2n) is 6.19. The van der Waals surface area contributed by atoms with Crippen molar-refractivity contribution in [1.82, 2.24) is 9.80 Å². The summed E-state index contributed by atoms with van der Waals surface area (Å²) in [5.41, 5.74) is 1.42. The molecular weight excluding hydrogens is 244 g/mol. The molecule has 1 aliphatic heterocycles. The molecule has 0 bridgehead atoms. The zero-order chi connectivity index (χ0) is 14.0. The van der Waals surface area contributed by atoms with E-state index < -0.39 is 0 Å². The average Bonchev–Trinajstić information content (AvgIpc) is 2.49. The molecule has 0 radical (unpaired) electrons. The molecule has 1 saturated heterocycles. The normalized spacial score (nSPS) is 16.7. The van der Waals surface area contributed by atoms with Crippen LogP contribution in [0.25, 0.3) is 0 Å². The van der Waals surface area contributed by atoms with Crippen molar-refractivity contribution < 1.29 is 0 Å². The first kappa shape index (κ1) is 15.5. The average molecular weight is 274 g/mol. The van der Waals surface area contributed by atoms with Crippen LogP contribution in [0.5, 0.6) is 0 Å². The van der Waals surface area contributed by atoms with Crippen LogP contribution >= 0.6 is 0 Å². The van der Waals surface area contributed by atoms with Gasteiger partial charge in [0.2, 0.25) is 0 Å². The molecule has 20 heavy (non-hydrogen) atoms. The van der Waals surface area contributed by atoms with E-state index in [1.165, 1.54) is 70.3 Å². The molecule has 2 heteroatoms. The minimum Gasteiger partial charge on any atom is -0.303 e. The highest BCUT2D eigenvalue weighted by atomic mass is 15.1. The van der Waals surface area contributed by atoms with Crippen molar-refractivity contribution in [2.75, 3.05) is 33.2 Å². The molecule has 1 fully saturated rings. The van der Waals surface area contributed by atoms with E-state index >= 15 is 0 Å². The third kappa shape index (κ3) is 6.06. The summed E-state index contributed by atoms with van der Waals surface area (Å²) >= 11 is 0. The Bertz CT molecular complexity index is 344. The minimum absolute atomic E-state index is 1.08. The van der Waals surface area contributed by atoms with E-state index in [-0.39, 0.29) is 0 Å². The second-order valence-corrected chi connectivity index (χ2v) is 6.19. The minimum atomic E-state index is 1.08. The van der Waals surface area contributed by atoms with Crippen molar-refractivity contribution in [3.05, 3.63) is 35.9 Å². The van der Waals surface area contributed by atoms with Gasteiger partial charge in [0, 0.05) is 6.54 Å². The lowest BCUT2D eigenvalue weighted by molar-refractivity contribution is 0.222. The van der Waals surface area contributed by atoms with Crippen LogP contribution < -0.4 is 0 Å². The summed E-state index contributed by atoms with van der Waals surface area (Å²) in [4.78, 5) is 5.09. The van der Waals surface area contributed by atoms with Crippen LogP contribution in [0.15, 0.2) is 30.3 Å². The molecule has 0 N–H and O–H groups in total. The van der Waals surface area contributed by atoms with Gasteiger partial charge in [-0.05, 0) is 64.5 Å². The van der Waals surface area contributed by atoms with E-state index in [2.05, 4.69) is 47.2 Å². The number of rotatable bonds is 8. The van der Waals surface area contributed by atoms with Crippen molar-refractivity contribution in [2.45, 2.75) is 45.1 Å². The Morgan fingerprint density at radius 3 is 2.45 bits per heavy atom. The molecule has 0 unspecified atom stereocenters. The number of piperidine rings is 1. The molecule has 1 heterocycles. The molecule has 2 rings (SSSR count). The van der Waals surface area contributed by atoms with Crippen molar-refractivity contribution in [2.24, 2.45) is 0 Å². The van der Waals surface area contributed by atoms with Gasteiger partial charge in [0.25, 0.3) is 0 Å². The van der Waals surface area contributed by atoms with Crippen molar-refractivity contribution in [1.29, 1.82) is 0 Å². The Hall–Kier alpha value is -0.860. The Morgan fingerprint density at radius 1 is 0.950 bits per heavy atom. The summed E-state index contributed by atoms with van der Waals surface area (Å²) in [7, 11) is 2.23. The van der Waals surface area contributed by atoms with Gasteiger partial charge in [-0.25, -0.2) is 0 Å². The lowest BCUT2D eigenvalue weighted by Gasteiger charge is -2.26. The van der Waals surface area contributed by atoms with Gasteiger partial charge in [-0.15, -0.1) is 0 Å². The quantitative estimate of drug-likeness (QED) is 0.666. The molecule has 0 saturated carbocycles. The van der Waals surface area contributed by atoms with Crippen LogP contribution in [-0.4, -0.2) is 43.0 Å². The van der Waals surface area contributed by atoms with Crippen LogP contribution in [0.4, 0.5) is 0 Å². The molecule has 0 aromatic heterocycles. The van der Waals surface area contributed by atoms with Gasteiger partial charge in [0.1, 0.15) is 0 Å². The highest BCUT2D eigenvalue weighted by molar-refractivity contribution is 5.14. The van der Waals surface area contributed by atoms with E-state index in [0.29, 0.717) is 0 Å². The van der Waals surface area contributed by atoms with Gasteiger partial charge < -0.3 is 9.80 Å². The van der Waals surface area contributed by atoms with E-state index in [9.17, 15) is 0 Å². The lowest BCUT2D eigenvalue weighted by atomic mass is 10.1. The van der Waals surface area contributed by atoms with E-state index in [0.717, 1.165) is 6.54 Å². The topological polar surface area (TPSA) is 6.48 Å². The molecule has 1 aliphatic rings. The second kappa shape index (κ2) is 9.15. The first-order chi connectivity index (χ1) is 9.84. The summed E-state index contributed by atoms with van der Waals surface area (Å²) in [5.74, 6) is 0. The van der Waals surface area contributed by atoms with E-state index in [1.807, 2.05) is 0 Å². The first-order valence-electron chi connectivity index (χ1n) is 8.29. The van der Waals surface area contributed by atoms with Gasteiger partial charge in [0.05, 0.1) is 0 Å². The van der Waals surface area contributed by atoms with Gasteiger partial charge in [0.15, 0.2) is 0 Å². The zero-order valence-corrected chi connectivity index (χ0v) is 13.1. The van der Waals surface area contributed by atoms with Crippen LogP contribution in [-0.2, 0) is 6.54 Å². The fraction of sp³-hybridized carbons (Fsp3) is 0.667. The molecule has 112 valence electrons. The Balaban J connectivity index is 1.50. The van der Waals surface area contributed by atoms with Crippen LogP contribution in [0.2, 0.25) is 0 Å². The summed E-state index contributed by atoms with van der Waals surface area (Å²) in [5, 5.41) is 0. The van der Waals surface area contributed by atoms with Crippen LogP contribution in [0.3, 0.4) is 0 Å². The monoisotopic (exact) mass is 274 g/mol. The molecule has 0 atom stereocenters. The summed E-state index contributed by atoms with van der Waals surface area (Å²) in [6.45, 7) is 6.30. The maximum absolute atomic E-state index is 2.65. The van der Waals surface area contributed by atoms with Gasteiger partial charge in [-0.1, -0.05) is 43.2 Å². The maximum Gasteiger partial charge on any atom is 0.0230 e. The Kier molecular flexibility index (Phi) is 7.10. The Morgan fingerprint density at radius 2 is 1.70 bits per heavy atom. The highest BCUT2D eigenvalue weighted by Crippen LogP contribution is 2.10. The number of hydrogen-bond acceptors (Lipinski definition) is 2. The van der Waals surface area contributed by atoms with Crippen molar-refractivity contribution in [3.8, 4) is 0 Å². The van der Waals surface area contributed by atoms with Crippen LogP contribution in [0, 0.1) is 0 Å². The smallest absolute Gasteiger partial charge is 0.0230 e. The number of unbranched alkanes of at least 4 members (excludes halogenated alkanes) is 2. The molecule has 0 aliphatic carbocycles. The molecule has 1 aromatic rings. The molecule has 0 amide bonds. The van der Waals surface area contributed by atoms with Gasteiger partial charge in [-0.2, -0.15) is 0 Å². The van der Waals surface area contributed by atoms with E-state index in [1.54, 1.807) is 0 Å². The predicted molar refractivity (Wildman–Crippen MR) is 86.9 cm³/mol. The number of nitrogens with zero attached hydrogens (tertiary/aromatic N) is 2.